The van der Waals surface area contributed by atoms with Crippen LogP contribution in [0.2, 0.25) is 5.28 Å². The number of hydrogen-bond acceptors (Lipinski definition) is 4. The average molecular weight is 244 g/mol. The first-order valence-electron chi connectivity index (χ1n) is 4.63. The minimum atomic E-state index is -0.0807. The third kappa shape index (κ3) is 1.94. The van der Waals surface area contributed by atoms with Gasteiger partial charge in [-0.25, -0.2) is 9.97 Å². The van der Waals surface area contributed by atoms with Crippen LogP contribution in [0.25, 0.3) is 0 Å². The highest BCUT2D eigenvalue weighted by atomic mass is 35.5. The van der Waals surface area contributed by atoms with Crippen LogP contribution in [0, 0.1) is 6.92 Å². The molecule has 0 radical (unpaired) electrons. The normalized spacial score (nSPS) is 19.7. The molecule has 1 aromatic rings. The first kappa shape index (κ1) is 10.7. The van der Waals surface area contributed by atoms with Crippen LogP contribution >= 0.6 is 23.4 Å². The Morgan fingerprint density at radius 2 is 2.27 bits per heavy atom. The Bertz CT molecular complexity index is 424. The predicted octanol–water partition coefficient (Wildman–Crippen LogP) is 2.26. The van der Waals surface area contributed by atoms with Crippen LogP contribution < -0.4 is 5.32 Å². The van der Waals surface area contributed by atoms with E-state index in [4.69, 9.17) is 11.6 Å². The van der Waals surface area contributed by atoms with Crippen molar-refractivity contribution in [2.24, 2.45) is 0 Å². The van der Waals surface area contributed by atoms with E-state index in [-0.39, 0.29) is 16.4 Å². The number of nitrogens with zero attached hydrogens (tertiary/aromatic N) is 2. The molecule has 0 saturated carbocycles. The molecule has 1 aliphatic rings. The molecule has 0 aliphatic carbocycles. The van der Waals surface area contributed by atoms with E-state index >= 15 is 0 Å². The molecule has 0 bridgehead atoms. The van der Waals surface area contributed by atoms with Gasteiger partial charge in [-0.1, -0.05) is 18.7 Å². The van der Waals surface area contributed by atoms with Gasteiger partial charge in [0.05, 0.1) is 16.6 Å². The maximum Gasteiger partial charge on any atom is 0.238 e. The van der Waals surface area contributed by atoms with Gasteiger partial charge in [-0.05, 0) is 24.9 Å². The fourth-order valence-electron chi connectivity index (χ4n) is 1.40. The largest absolute Gasteiger partial charge is 0.321 e. The third-order valence-electron chi connectivity index (χ3n) is 2.19. The molecule has 1 aromatic heterocycles. The summed E-state index contributed by atoms with van der Waals surface area (Å²) in [7, 11) is 0. The van der Waals surface area contributed by atoms with Crippen molar-refractivity contribution in [1.82, 2.24) is 9.97 Å². The molecule has 0 fully saturated rings. The van der Waals surface area contributed by atoms with Crippen LogP contribution in [-0.4, -0.2) is 21.1 Å². The molecule has 1 N–H and O–H groups in total. The fourth-order valence-corrected chi connectivity index (χ4v) is 2.72. The maximum atomic E-state index is 11.6. The summed E-state index contributed by atoms with van der Waals surface area (Å²) < 4.78 is 0. The van der Waals surface area contributed by atoms with Gasteiger partial charge in [0.25, 0.3) is 0 Å². The SMILES string of the molecule is CCC1Sc2nc(Cl)nc(C)c2NC1=O. The molecule has 2 rings (SSSR count). The molecule has 4 nitrogen and oxygen atoms in total. The van der Waals surface area contributed by atoms with E-state index in [1.807, 2.05) is 6.92 Å². The Morgan fingerprint density at radius 3 is 2.93 bits per heavy atom. The number of anilines is 1. The maximum absolute atomic E-state index is 11.6. The number of carbonyl (C=O) groups is 1. The second kappa shape index (κ2) is 3.98. The number of hydrogen-bond donors (Lipinski definition) is 1. The lowest BCUT2D eigenvalue weighted by Crippen LogP contribution is -2.29. The zero-order valence-electron chi connectivity index (χ0n) is 8.37. The zero-order valence-corrected chi connectivity index (χ0v) is 9.95. The number of fused-ring (bicyclic) bond motifs is 1. The van der Waals surface area contributed by atoms with E-state index < -0.39 is 0 Å². The number of thioether (sulfide) groups is 1. The standard InChI is InChI=1S/C9H10ClN3OS/c1-3-5-7(14)12-6-4(2)11-9(10)13-8(6)15-5/h5H,3H2,1-2H3,(H,12,14). The summed E-state index contributed by atoms with van der Waals surface area (Å²) in [4.78, 5) is 19.7. The fraction of sp³-hybridized carbons (Fsp3) is 0.444. The van der Waals surface area contributed by atoms with Crippen molar-refractivity contribution in [3.8, 4) is 0 Å². The first-order valence-corrected chi connectivity index (χ1v) is 5.89. The number of aromatic nitrogens is 2. The van der Waals surface area contributed by atoms with Crippen molar-refractivity contribution in [2.75, 3.05) is 5.32 Å². The number of aryl methyl sites for hydroxylation is 1. The van der Waals surface area contributed by atoms with E-state index in [1.54, 1.807) is 6.92 Å². The molecule has 1 unspecified atom stereocenters. The Kier molecular flexibility index (Phi) is 2.84. The van der Waals surface area contributed by atoms with Crippen molar-refractivity contribution in [2.45, 2.75) is 30.5 Å². The van der Waals surface area contributed by atoms with Crippen LogP contribution in [-0.2, 0) is 4.79 Å². The number of nitrogens with one attached hydrogen (secondary N) is 1. The van der Waals surface area contributed by atoms with Crippen LogP contribution in [0.5, 0.6) is 0 Å². The Hall–Kier alpha value is -0.810. The van der Waals surface area contributed by atoms with Gasteiger partial charge >= 0.3 is 0 Å². The lowest BCUT2D eigenvalue weighted by molar-refractivity contribution is -0.115. The van der Waals surface area contributed by atoms with Gasteiger partial charge in [0.15, 0.2) is 0 Å². The van der Waals surface area contributed by atoms with Crippen LogP contribution in [0.4, 0.5) is 5.69 Å². The molecule has 0 saturated heterocycles. The summed E-state index contributed by atoms with van der Waals surface area (Å²) in [5.41, 5.74) is 1.40. The van der Waals surface area contributed by atoms with Crippen LogP contribution in [0.15, 0.2) is 5.03 Å². The smallest absolute Gasteiger partial charge is 0.238 e. The zero-order chi connectivity index (χ0) is 11.0. The topological polar surface area (TPSA) is 54.9 Å². The summed E-state index contributed by atoms with van der Waals surface area (Å²) >= 11 is 7.21. The van der Waals surface area contributed by atoms with Gasteiger partial charge < -0.3 is 5.32 Å². The number of halogens is 1. The lowest BCUT2D eigenvalue weighted by atomic mass is 10.3. The Balaban J connectivity index is 2.45. The summed E-state index contributed by atoms with van der Waals surface area (Å²) in [6.07, 6.45) is 0.774. The predicted molar refractivity (Wildman–Crippen MR) is 60.3 cm³/mol. The minimum Gasteiger partial charge on any atom is -0.321 e. The van der Waals surface area contributed by atoms with Crippen LogP contribution in [0.3, 0.4) is 0 Å². The van der Waals surface area contributed by atoms with Crippen molar-refractivity contribution < 1.29 is 4.79 Å². The molecule has 6 heteroatoms. The number of amides is 1. The van der Waals surface area contributed by atoms with E-state index in [2.05, 4.69) is 15.3 Å². The molecule has 2 heterocycles. The van der Waals surface area contributed by atoms with E-state index in [0.717, 1.165) is 11.4 Å². The van der Waals surface area contributed by atoms with Gasteiger partial charge in [0, 0.05) is 0 Å². The van der Waals surface area contributed by atoms with E-state index in [9.17, 15) is 4.79 Å². The molecule has 0 spiro atoms. The van der Waals surface area contributed by atoms with Crippen molar-refractivity contribution in [3.05, 3.63) is 11.0 Å². The van der Waals surface area contributed by atoms with Crippen LogP contribution in [0.1, 0.15) is 19.0 Å². The molecule has 1 atom stereocenters. The summed E-state index contributed by atoms with van der Waals surface area (Å²) in [5, 5.41) is 3.72. The highest BCUT2D eigenvalue weighted by Gasteiger charge is 2.28. The number of carbonyl (C=O) groups excluding carboxylic acids is 1. The number of rotatable bonds is 1. The molecule has 1 aliphatic heterocycles. The van der Waals surface area contributed by atoms with Gasteiger partial charge in [-0.3, -0.25) is 4.79 Å². The minimum absolute atomic E-state index is 0.0176. The summed E-state index contributed by atoms with van der Waals surface area (Å²) in [6, 6.07) is 0. The quantitative estimate of drug-likeness (QED) is 0.607. The monoisotopic (exact) mass is 243 g/mol. The van der Waals surface area contributed by atoms with E-state index in [1.165, 1.54) is 11.8 Å². The summed E-state index contributed by atoms with van der Waals surface area (Å²) in [5.74, 6) is 0.0176. The second-order valence-corrected chi connectivity index (χ2v) is 4.79. The molecular formula is C9H10ClN3OS. The highest BCUT2D eigenvalue weighted by molar-refractivity contribution is 8.00. The van der Waals surface area contributed by atoms with Crippen molar-refractivity contribution >= 4 is 35.0 Å². The molecule has 80 valence electrons. The highest BCUT2D eigenvalue weighted by Crippen LogP contribution is 2.37. The second-order valence-electron chi connectivity index (χ2n) is 3.26. The Labute approximate surface area is 96.8 Å². The molecule has 15 heavy (non-hydrogen) atoms. The van der Waals surface area contributed by atoms with E-state index in [0.29, 0.717) is 11.4 Å². The van der Waals surface area contributed by atoms with Gasteiger partial charge in [-0.2, -0.15) is 0 Å². The first-order chi connectivity index (χ1) is 7.11. The molecule has 1 amide bonds. The Morgan fingerprint density at radius 1 is 1.53 bits per heavy atom. The van der Waals surface area contributed by atoms with Gasteiger partial charge in [0.1, 0.15) is 5.03 Å². The molecular weight excluding hydrogens is 234 g/mol. The summed E-state index contributed by atoms with van der Waals surface area (Å²) in [6.45, 7) is 3.78. The lowest BCUT2D eigenvalue weighted by Gasteiger charge is -2.23. The van der Waals surface area contributed by atoms with Crippen molar-refractivity contribution in [3.63, 3.8) is 0 Å². The molecule has 0 aromatic carbocycles. The van der Waals surface area contributed by atoms with Gasteiger partial charge in [0.2, 0.25) is 11.2 Å². The van der Waals surface area contributed by atoms with Gasteiger partial charge in [-0.15, -0.1) is 0 Å². The average Bonchev–Trinajstić information content (AvgIpc) is 2.18. The third-order valence-corrected chi connectivity index (χ3v) is 3.71. The van der Waals surface area contributed by atoms with Crippen molar-refractivity contribution in [1.29, 1.82) is 0 Å².